The molecule has 1 aliphatic rings. The van der Waals surface area contributed by atoms with Crippen molar-refractivity contribution in [3.8, 4) is 44.6 Å². The van der Waals surface area contributed by atoms with Crippen LogP contribution in [0.15, 0.2) is 158 Å². The van der Waals surface area contributed by atoms with Crippen LogP contribution in [0.3, 0.4) is 0 Å². The van der Waals surface area contributed by atoms with Crippen molar-refractivity contribution in [3.63, 3.8) is 0 Å². The lowest BCUT2D eigenvalue weighted by molar-refractivity contribution is 1.23. The topological polar surface area (TPSA) is 16.1 Å². The molecule has 0 unspecified atom stereocenters. The molecule has 2 nitrogen and oxygen atoms in total. The third-order valence-electron chi connectivity index (χ3n) is 8.07. The molecule has 1 heterocycles. The van der Waals surface area contributed by atoms with Gasteiger partial charge in [-0.15, -0.1) is 0 Å². The largest absolute Gasteiger partial charge is 0.309 e. The van der Waals surface area contributed by atoms with E-state index >= 15 is 0 Å². The molecule has 1 aromatic heterocycles. The number of nitrogens with zero attached hydrogens (tertiary/aromatic N) is 2. The quantitative estimate of drug-likeness (QED) is 0.223. The van der Waals surface area contributed by atoms with Crippen LogP contribution in [0, 0.1) is 0 Å². The van der Waals surface area contributed by atoms with E-state index in [2.05, 4.69) is 138 Å². The van der Waals surface area contributed by atoms with Crippen molar-refractivity contribution in [2.45, 2.75) is 0 Å². The molecule has 0 saturated carbocycles. The van der Waals surface area contributed by atoms with E-state index in [0.29, 0.717) is 0 Å². The van der Waals surface area contributed by atoms with Gasteiger partial charge >= 0.3 is 0 Å². The number of fused-ring (bicyclic) bond motifs is 3. The average molecular weight is 523 g/mol. The Bertz CT molecular complexity index is 1980. The summed E-state index contributed by atoms with van der Waals surface area (Å²) in [5, 5.41) is 2.65. The molecule has 8 rings (SSSR count). The summed E-state index contributed by atoms with van der Waals surface area (Å²) in [6.45, 7) is 0. The van der Waals surface area contributed by atoms with Crippen molar-refractivity contribution in [3.05, 3.63) is 158 Å². The maximum Gasteiger partial charge on any atom is 0.0703 e. The molecule has 7 aromatic rings. The number of hydrogen-bond acceptors (Lipinski definition) is 2. The summed E-state index contributed by atoms with van der Waals surface area (Å²) < 4.78 is 0. The molecule has 0 aliphatic heterocycles. The van der Waals surface area contributed by atoms with E-state index in [1.54, 1.807) is 0 Å². The first-order valence-corrected chi connectivity index (χ1v) is 14.0. The fraction of sp³-hybridized carbons (Fsp3) is 0. The van der Waals surface area contributed by atoms with Crippen LogP contribution >= 0.6 is 0 Å². The van der Waals surface area contributed by atoms with Gasteiger partial charge in [-0.05, 0) is 80.6 Å². The van der Waals surface area contributed by atoms with Crippen LogP contribution in [0.25, 0.3) is 55.4 Å². The van der Waals surface area contributed by atoms with Crippen LogP contribution in [0.5, 0.6) is 0 Å². The molecule has 0 spiro atoms. The van der Waals surface area contributed by atoms with Crippen molar-refractivity contribution in [1.29, 1.82) is 0 Å². The van der Waals surface area contributed by atoms with Crippen LogP contribution in [0.1, 0.15) is 0 Å². The van der Waals surface area contributed by atoms with Gasteiger partial charge in [0.25, 0.3) is 0 Å². The van der Waals surface area contributed by atoms with Gasteiger partial charge in [-0.2, -0.15) is 0 Å². The molecule has 0 radical (unpaired) electrons. The lowest BCUT2D eigenvalue weighted by Gasteiger charge is -2.25. The van der Waals surface area contributed by atoms with Crippen LogP contribution < -0.4 is 4.90 Å². The molecule has 0 amide bonds. The predicted octanol–water partition coefficient (Wildman–Crippen LogP) is 10.7. The van der Waals surface area contributed by atoms with Gasteiger partial charge in [-0.1, -0.05) is 115 Å². The number of para-hydroxylation sites is 1. The predicted molar refractivity (Wildman–Crippen MR) is 172 cm³/mol. The Balaban J connectivity index is 1.19. The van der Waals surface area contributed by atoms with E-state index in [1.807, 2.05) is 24.4 Å². The zero-order valence-corrected chi connectivity index (χ0v) is 22.4. The van der Waals surface area contributed by atoms with Crippen molar-refractivity contribution in [2.75, 3.05) is 4.90 Å². The molecule has 0 bridgehead atoms. The summed E-state index contributed by atoms with van der Waals surface area (Å²) in [4.78, 5) is 7.08. The van der Waals surface area contributed by atoms with E-state index in [0.717, 1.165) is 28.3 Å². The van der Waals surface area contributed by atoms with E-state index < -0.39 is 0 Å². The molecule has 6 aromatic carbocycles. The van der Waals surface area contributed by atoms with Crippen molar-refractivity contribution in [2.24, 2.45) is 0 Å². The Kier molecular flexibility index (Phi) is 5.49. The highest BCUT2D eigenvalue weighted by atomic mass is 15.1. The zero-order valence-electron chi connectivity index (χ0n) is 22.4. The number of pyridine rings is 1. The van der Waals surface area contributed by atoms with Crippen LogP contribution in [-0.2, 0) is 0 Å². The fourth-order valence-corrected chi connectivity index (χ4v) is 6.17. The summed E-state index contributed by atoms with van der Waals surface area (Å²) in [7, 11) is 0. The van der Waals surface area contributed by atoms with Crippen molar-refractivity contribution >= 4 is 27.8 Å². The molecule has 0 atom stereocenters. The Labute approximate surface area is 239 Å². The van der Waals surface area contributed by atoms with Gasteiger partial charge in [-0.3, -0.25) is 4.98 Å². The minimum absolute atomic E-state index is 0.965. The van der Waals surface area contributed by atoms with Gasteiger partial charge in [0.05, 0.1) is 17.6 Å². The minimum Gasteiger partial charge on any atom is -0.309 e. The van der Waals surface area contributed by atoms with E-state index in [1.165, 1.54) is 44.2 Å². The Morgan fingerprint density at radius 1 is 0.366 bits per heavy atom. The average Bonchev–Trinajstić information content (AvgIpc) is 3.38. The normalized spacial score (nSPS) is 11.4. The first kappa shape index (κ1) is 23.4. The molecular formula is C39H26N2. The summed E-state index contributed by atoms with van der Waals surface area (Å²) in [6.07, 6.45) is 1.96. The first-order chi connectivity index (χ1) is 20.3. The molecule has 0 N–H and O–H groups in total. The van der Waals surface area contributed by atoms with Gasteiger partial charge in [0.2, 0.25) is 0 Å². The highest BCUT2D eigenvalue weighted by molar-refractivity contribution is 6.18. The third kappa shape index (κ3) is 3.92. The molecule has 0 saturated heterocycles. The highest BCUT2D eigenvalue weighted by Crippen LogP contribution is 2.49. The number of aromatic nitrogens is 1. The second-order valence-electron chi connectivity index (χ2n) is 10.4. The minimum atomic E-state index is 0.965. The zero-order chi connectivity index (χ0) is 27.2. The molecule has 1 aliphatic carbocycles. The van der Waals surface area contributed by atoms with Gasteiger partial charge in [0.1, 0.15) is 0 Å². The number of hydrogen-bond donors (Lipinski definition) is 0. The summed E-state index contributed by atoms with van der Waals surface area (Å²) >= 11 is 0. The van der Waals surface area contributed by atoms with Gasteiger partial charge in [0.15, 0.2) is 0 Å². The third-order valence-corrected chi connectivity index (χ3v) is 8.07. The molecular weight excluding hydrogens is 496 g/mol. The smallest absolute Gasteiger partial charge is 0.0703 e. The lowest BCUT2D eigenvalue weighted by atomic mass is 9.94. The van der Waals surface area contributed by atoms with Gasteiger partial charge in [-0.25, -0.2) is 0 Å². The van der Waals surface area contributed by atoms with Crippen LogP contribution in [0.4, 0.5) is 17.1 Å². The second kappa shape index (κ2) is 9.62. The lowest BCUT2D eigenvalue weighted by Crippen LogP contribution is -2.10. The van der Waals surface area contributed by atoms with E-state index in [4.69, 9.17) is 4.98 Å². The monoisotopic (exact) mass is 522 g/mol. The SMILES string of the molecule is c1ccc(-c2ccc(N(c3ccccc3)c3ccc(-c4ccc5c6c(cccc46)-c4ccccc4-5)cc3)cn2)cc1. The number of rotatable bonds is 5. The van der Waals surface area contributed by atoms with Crippen molar-refractivity contribution < 1.29 is 0 Å². The van der Waals surface area contributed by atoms with E-state index in [9.17, 15) is 0 Å². The number of benzene rings is 6. The highest BCUT2D eigenvalue weighted by Gasteiger charge is 2.22. The maximum atomic E-state index is 4.82. The molecule has 0 fully saturated rings. The van der Waals surface area contributed by atoms with Crippen molar-refractivity contribution in [1.82, 2.24) is 4.98 Å². The second-order valence-corrected chi connectivity index (χ2v) is 10.4. The Morgan fingerprint density at radius 3 is 1.66 bits per heavy atom. The maximum absolute atomic E-state index is 4.82. The van der Waals surface area contributed by atoms with Gasteiger partial charge in [0, 0.05) is 16.9 Å². The summed E-state index contributed by atoms with van der Waals surface area (Å²) in [6, 6.07) is 53.9. The Hall–Kier alpha value is -5.47. The Morgan fingerprint density at radius 2 is 0.951 bits per heavy atom. The first-order valence-electron chi connectivity index (χ1n) is 14.0. The molecule has 41 heavy (non-hydrogen) atoms. The number of anilines is 3. The summed E-state index contributed by atoms with van der Waals surface area (Å²) in [5.41, 5.74) is 13.1. The van der Waals surface area contributed by atoms with E-state index in [-0.39, 0.29) is 0 Å². The van der Waals surface area contributed by atoms with Crippen LogP contribution in [-0.4, -0.2) is 4.98 Å². The summed E-state index contributed by atoms with van der Waals surface area (Å²) in [5.74, 6) is 0. The molecule has 192 valence electrons. The molecule has 2 heteroatoms. The van der Waals surface area contributed by atoms with Crippen LogP contribution in [0.2, 0.25) is 0 Å². The fourth-order valence-electron chi connectivity index (χ4n) is 6.17. The standard InChI is InChI=1S/C39H26N2/c1-3-10-28(11-4-1)38-25-22-31(26-40-38)41(29-12-5-2-6-13-29)30-20-18-27(19-21-30)32-23-24-37-34-15-8-7-14-33(34)36-17-9-16-35(32)39(36)37/h1-26H. The van der Waals surface area contributed by atoms with Gasteiger partial charge < -0.3 is 4.90 Å².